The molecule has 52 heavy (non-hydrogen) atoms. The van der Waals surface area contributed by atoms with Crippen molar-refractivity contribution in [2.45, 2.75) is 102 Å². The number of aromatic nitrogens is 1. The lowest BCUT2D eigenvalue weighted by molar-refractivity contribution is -0.257. The number of ether oxygens (including phenoxy) is 3. The number of amides is 1. The first-order valence-corrected chi connectivity index (χ1v) is 19.4. The molecule has 1 aromatic heterocycles. The number of aliphatic hydroxyl groups is 2. The van der Waals surface area contributed by atoms with Crippen molar-refractivity contribution in [3.05, 3.63) is 77.7 Å². The van der Waals surface area contributed by atoms with E-state index in [2.05, 4.69) is 35.8 Å². The van der Waals surface area contributed by atoms with Crippen LogP contribution in [0.1, 0.15) is 94.0 Å². The lowest BCUT2D eigenvalue weighted by Crippen LogP contribution is -2.70. The van der Waals surface area contributed by atoms with Crippen molar-refractivity contribution < 1.29 is 34.1 Å². The van der Waals surface area contributed by atoms with Gasteiger partial charge in [-0.05, 0) is 99.6 Å². The van der Waals surface area contributed by atoms with Crippen molar-refractivity contribution in [2.24, 2.45) is 28.8 Å². The van der Waals surface area contributed by atoms with E-state index in [-0.39, 0.29) is 55.3 Å². The minimum Gasteiger partial charge on any atom is -0.487 e. The highest BCUT2D eigenvalue weighted by Gasteiger charge is 2.65. The summed E-state index contributed by atoms with van der Waals surface area (Å²) in [5, 5.41) is 24.3. The summed E-state index contributed by atoms with van der Waals surface area (Å²) in [6.45, 7) is 9.53. The van der Waals surface area contributed by atoms with Crippen molar-refractivity contribution in [1.29, 1.82) is 0 Å². The molecule has 6 unspecified atom stereocenters. The fourth-order valence-electron chi connectivity index (χ4n) is 8.91. The molecule has 2 aromatic rings. The number of unbranched alkanes of at least 4 members (excludes halogenated alkanes) is 2. The van der Waals surface area contributed by atoms with Crippen LogP contribution in [0.25, 0.3) is 0 Å². The summed E-state index contributed by atoms with van der Waals surface area (Å²) in [4.78, 5) is 26.4. The number of pyridine rings is 1. The standard InChI is InChI=1S/C42H57N3O7/c1-5-20-45(41(48)29-16-17-29)38-26-36(44-49-4)34-24-30(13-7-9-21-46)33(15-8-10-22-47)39-35-25-32(50-27-31-14-11-12-28(3)43-31)18-19-37(35)52-42(38,40(34)39)51-23-6-2/h6,11-12,14,18-19,24-25,29-30,33,38-40,46-47H,2,5,7-10,13,15-17,20-23,26-27H2,1,3-4H3. The number of hydrogen-bond donors (Lipinski definition) is 2. The molecule has 6 atom stereocenters. The molecule has 2 heterocycles. The summed E-state index contributed by atoms with van der Waals surface area (Å²) in [7, 11) is 1.58. The molecule has 2 fully saturated rings. The number of carbonyl (C=O) groups excluding carboxylic acids is 1. The summed E-state index contributed by atoms with van der Waals surface area (Å²) in [6.07, 6.45) is 12.1. The molecular weight excluding hydrogens is 658 g/mol. The van der Waals surface area contributed by atoms with Gasteiger partial charge in [-0.15, -0.1) is 6.58 Å². The van der Waals surface area contributed by atoms with Gasteiger partial charge in [-0.2, -0.15) is 0 Å². The lowest BCUT2D eigenvalue weighted by Gasteiger charge is -2.60. The number of aryl methyl sites for hydroxylation is 1. The van der Waals surface area contributed by atoms with Crippen LogP contribution in [-0.4, -0.2) is 77.0 Å². The van der Waals surface area contributed by atoms with E-state index in [1.807, 2.05) is 42.2 Å². The van der Waals surface area contributed by atoms with E-state index in [4.69, 9.17) is 19.0 Å². The zero-order chi connectivity index (χ0) is 36.7. The van der Waals surface area contributed by atoms with Crippen LogP contribution < -0.4 is 9.47 Å². The first-order chi connectivity index (χ1) is 25.4. The molecule has 4 aliphatic rings. The molecule has 2 saturated carbocycles. The van der Waals surface area contributed by atoms with Crippen molar-refractivity contribution >= 4 is 11.6 Å². The summed E-state index contributed by atoms with van der Waals surface area (Å²) in [6, 6.07) is 11.5. The van der Waals surface area contributed by atoms with E-state index < -0.39 is 11.8 Å². The predicted molar refractivity (Wildman–Crippen MR) is 200 cm³/mol. The number of rotatable bonds is 19. The minimum atomic E-state index is -1.22. The molecule has 6 rings (SSSR count). The Kier molecular flexibility index (Phi) is 12.7. The van der Waals surface area contributed by atoms with E-state index >= 15 is 0 Å². The highest BCUT2D eigenvalue weighted by atomic mass is 16.7. The smallest absolute Gasteiger partial charge is 0.239 e. The van der Waals surface area contributed by atoms with E-state index in [1.54, 1.807) is 13.2 Å². The second-order valence-electron chi connectivity index (χ2n) is 14.8. The van der Waals surface area contributed by atoms with Crippen LogP contribution in [0.15, 0.2) is 65.9 Å². The zero-order valence-corrected chi connectivity index (χ0v) is 31.2. The minimum absolute atomic E-state index is 0.0190. The maximum absolute atomic E-state index is 14.2. The van der Waals surface area contributed by atoms with Gasteiger partial charge in [0.1, 0.15) is 31.3 Å². The molecule has 0 radical (unpaired) electrons. The highest BCUT2D eigenvalue weighted by Crippen LogP contribution is 2.62. The summed E-state index contributed by atoms with van der Waals surface area (Å²) in [5.41, 5.74) is 4.68. The summed E-state index contributed by atoms with van der Waals surface area (Å²) < 4.78 is 20.7. The van der Waals surface area contributed by atoms with Crippen molar-refractivity contribution in [3.63, 3.8) is 0 Å². The molecule has 0 saturated heterocycles. The van der Waals surface area contributed by atoms with Gasteiger partial charge < -0.3 is 34.2 Å². The Morgan fingerprint density at radius 3 is 2.62 bits per heavy atom. The molecule has 0 bridgehead atoms. The number of oxime groups is 1. The normalized spacial score (nSPS) is 26.8. The van der Waals surface area contributed by atoms with Crippen LogP contribution in [0.2, 0.25) is 0 Å². The predicted octanol–water partition coefficient (Wildman–Crippen LogP) is 6.88. The monoisotopic (exact) mass is 715 g/mol. The number of benzene rings is 1. The van der Waals surface area contributed by atoms with Crippen LogP contribution in [-0.2, 0) is 21.0 Å². The molecule has 10 heteroatoms. The first-order valence-electron chi connectivity index (χ1n) is 19.4. The van der Waals surface area contributed by atoms with Crippen LogP contribution in [0, 0.1) is 30.6 Å². The quantitative estimate of drug-likeness (QED) is 0.0917. The van der Waals surface area contributed by atoms with Crippen molar-refractivity contribution in [2.75, 3.05) is 33.5 Å². The molecular formula is C42H57N3O7. The number of aliphatic hydroxyl groups excluding tert-OH is 2. The molecule has 0 spiro atoms. The molecule has 1 aromatic carbocycles. The molecule has 10 nitrogen and oxygen atoms in total. The fourth-order valence-corrected chi connectivity index (χ4v) is 8.91. The van der Waals surface area contributed by atoms with Gasteiger partial charge in [0.15, 0.2) is 0 Å². The van der Waals surface area contributed by atoms with Gasteiger partial charge in [0, 0.05) is 49.3 Å². The Bertz CT molecular complexity index is 1610. The first kappa shape index (κ1) is 38.0. The molecule has 3 aliphatic carbocycles. The molecule has 1 aliphatic heterocycles. The number of nitrogens with zero attached hydrogens (tertiary/aromatic N) is 3. The summed E-state index contributed by atoms with van der Waals surface area (Å²) >= 11 is 0. The fraction of sp³-hybridized carbons (Fsp3) is 0.595. The van der Waals surface area contributed by atoms with Gasteiger partial charge in [-0.3, -0.25) is 9.78 Å². The van der Waals surface area contributed by atoms with Crippen LogP contribution in [0.3, 0.4) is 0 Å². The topological polar surface area (TPSA) is 123 Å². The van der Waals surface area contributed by atoms with Crippen LogP contribution in [0.5, 0.6) is 11.5 Å². The second-order valence-corrected chi connectivity index (χ2v) is 14.8. The van der Waals surface area contributed by atoms with Gasteiger partial charge in [-0.25, -0.2) is 0 Å². The number of hydrogen-bond acceptors (Lipinski definition) is 9. The third-order valence-corrected chi connectivity index (χ3v) is 11.2. The van der Waals surface area contributed by atoms with Gasteiger partial charge in [0.2, 0.25) is 11.7 Å². The zero-order valence-electron chi connectivity index (χ0n) is 31.2. The Labute approximate surface area is 308 Å². The van der Waals surface area contributed by atoms with Crippen LogP contribution >= 0.6 is 0 Å². The summed E-state index contributed by atoms with van der Waals surface area (Å²) in [5.74, 6) is 0.316. The Morgan fingerprint density at radius 1 is 1.13 bits per heavy atom. The van der Waals surface area contributed by atoms with Crippen molar-refractivity contribution in [3.8, 4) is 11.5 Å². The van der Waals surface area contributed by atoms with Crippen molar-refractivity contribution in [1.82, 2.24) is 9.88 Å². The maximum Gasteiger partial charge on any atom is 0.239 e. The van der Waals surface area contributed by atoms with E-state index in [9.17, 15) is 15.0 Å². The van der Waals surface area contributed by atoms with Crippen LogP contribution in [0.4, 0.5) is 0 Å². The third kappa shape index (κ3) is 7.94. The highest BCUT2D eigenvalue weighted by molar-refractivity contribution is 6.03. The SMILES string of the molecule is C=CCOC12Oc3ccc(OCc4cccc(C)n4)cc3C3C(CCCCO)C(CCCCO)C=C(C(=NOC)CC1N(CCC)C(=O)C1CC1)C32. The van der Waals surface area contributed by atoms with E-state index in [1.165, 1.54) is 0 Å². The maximum atomic E-state index is 14.2. The molecule has 2 N–H and O–H groups in total. The Morgan fingerprint density at radius 2 is 1.92 bits per heavy atom. The number of allylic oxidation sites excluding steroid dienone is 1. The van der Waals surface area contributed by atoms with Gasteiger partial charge in [0.05, 0.1) is 23.9 Å². The van der Waals surface area contributed by atoms with Gasteiger partial charge in [-0.1, -0.05) is 43.1 Å². The largest absolute Gasteiger partial charge is 0.487 e. The second kappa shape index (κ2) is 17.4. The number of carbonyl (C=O) groups is 1. The third-order valence-electron chi connectivity index (χ3n) is 11.2. The van der Waals surface area contributed by atoms with Gasteiger partial charge >= 0.3 is 0 Å². The Hall–Kier alpha value is -3.73. The van der Waals surface area contributed by atoms with E-state index in [0.717, 1.165) is 91.1 Å². The van der Waals surface area contributed by atoms with Gasteiger partial charge in [0.25, 0.3) is 0 Å². The number of fused-ring (bicyclic) bond motifs is 2. The van der Waals surface area contributed by atoms with E-state index in [0.29, 0.717) is 26.0 Å². The lowest BCUT2D eigenvalue weighted by atomic mass is 9.55. The average molecular weight is 716 g/mol. The molecule has 282 valence electrons. The molecule has 1 amide bonds. The Balaban J connectivity index is 1.53. The average Bonchev–Trinajstić information content (AvgIpc) is 4.00.